The lowest BCUT2D eigenvalue weighted by Crippen LogP contribution is -2.09. The van der Waals surface area contributed by atoms with Crippen molar-refractivity contribution in [1.29, 1.82) is 0 Å². The minimum atomic E-state index is -0.211. The van der Waals surface area contributed by atoms with Gasteiger partial charge in [-0.05, 0) is 68.3 Å². The Balaban J connectivity index is 1.70. The van der Waals surface area contributed by atoms with Crippen LogP contribution in [0.1, 0.15) is 22.4 Å². The smallest absolute Gasteiger partial charge is 0.248 e. The Hall–Kier alpha value is -3.37. The van der Waals surface area contributed by atoms with Crippen LogP contribution in [0.4, 0.5) is 5.69 Å². The number of anilines is 1. The quantitative estimate of drug-likeness (QED) is 0.401. The molecule has 5 heteroatoms. The second-order valence-corrected chi connectivity index (χ2v) is 7.86. The summed E-state index contributed by atoms with van der Waals surface area (Å²) in [6.07, 6.45) is 5.33. The molecule has 0 fully saturated rings. The maximum absolute atomic E-state index is 12.6. The van der Waals surface area contributed by atoms with E-state index in [2.05, 4.69) is 36.5 Å². The minimum Gasteiger partial charge on any atom is -0.322 e. The highest BCUT2D eigenvalue weighted by Gasteiger charge is 2.13. The van der Waals surface area contributed by atoms with Gasteiger partial charge in [-0.1, -0.05) is 41.4 Å². The molecule has 0 saturated heterocycles. The fourth-order valence-corrected chi connectivity index (χ4v) is 3.57. The molecule has 0 aliphatic rings. The summed E-state index contributed by atoms with van der Waals surface area (Å²) in [5, 5.41) is 3.55. The van der Waals surface area contributed by atoms with Gasteiger partial charge in [-0.25, -0.2) is 4.98 Å². The van der Waals surface area contributed by atoms with Crippen LogP contribution in [0.25, 0.3) is 23.0 Å². The van der Waals surface area contributed by atoms with E-state index in [4.69, 9.17) is 16.6 Å². The molecule has 0 radical (unpaired) electrons. The van der Waals surface area contributed by atoms with Crippen LogP contribution in [0.5, 0.6) is 0 Å². The van der Waals surface area contributed by atoms with E-state index in [0.29, 0.717) is 5.02 Å². The van der Waals surface area contributed by atoms with E-state index >= 15 is 0 Å². The predicted octanol–water partition coefficient (Wildman–Crippen LogP) is 6.23. The van der Waals surface area contributed by atoms with Crippen LogP contribution in [0, 0.1) is 20.8 Å². The van der Waals surface area contributed by atoms with Gasteiger partial charge in [0.25, 0.3) is 0 Å². The maximum atomic E-state index is 12.6. The highest BCUT2D eigenvalue weighted by atomic mass is 35.5. The van der Waals surface area contributed by atoms with Gasteiger partial charge < -0.3 is 5.32 Å². The Morgan fingerprint density at radius 2 is 1.77 bits per heavy atom. The third-order valence-electron chi connectivity index (χ3n) is 4.98. The normalized spacial score (nSPS) is 11.3. The van der Waals surface area contributed by atoms with Gasteiger partial charge in [-0.3, -0.25) is 9.20 Å². The molecule has 4 nitrogen and oxygen atoms in total. The molecule has 0 aliphatic heterocycles. The first-order valence-electron chi connectivity index (χ1n) is 9.72. The van der Waals surface area contributed by atoms with Crippen molar-refractivity contribution in [2.24, 2.45) is 0 Å². The van der Waals surface area contributed by atoms with Gasteiger partial charge in [-0.2, -0.15) is 0 Å². The molecule has 0 bridgehead atoms. The van der Waals surface area contributed by atoms with Crippen molar-refractivity contribution in [3.05, 3.63) is 94.3 Å². The fraction of sp³-hybridized carbons (Fsp3) is 0.120. The summed E-state index contributed by atoms with van der Waals surface area (Å²) >= 11 is 6.00. The molecule has 30 heavy (non-hydrogen) atoms. The molecule has 1 N–H and O–H groups in total. The number of hydrogen-bond acceptors (Lipinski definition) is 2. The van der Waals surface area contributed by atoms with Gasteiger partial charge >= 0.3 is 0 Å². The van der Waals surface area contributed by atoms with E-state index in [-0.39, 0.29) is 5.91 Å². The van der Waals surface area contributed by atoms with Crippen molar-refractivity contribution < 1.29 is 4.79 Å². The van der Waals surface area contributed by atoms with Crippen molar-refractivity contribution in [2.75, 3.05) is 5.32 Å². The Labute approximate surface area is 180 Å². The molecule has 2 aromatic carbocycles. The summed E-state index contributed by atoms with van der Waals surface area (Å²) < 4.78 is 2.00. The second-order valence-electron chi connectivity index (χ2n) is 7.43. The molecule has 0 unspecified atom stereocenters. The summed E-state index contributed by atoms with van der Waals surface area (Å²) in [4.78, 5) is 17.4. The molecule has 0 aliphatic carbocycles. The standard InChI is InChI=1S/C25H22ClN3O/c1-16-4-6-19(7-5-16)25-22(29-13-12-17(2)14-23(29)28-25)10-11-24(30)27-21-9-8-20(26)15-18(21)3/h4-15H,1-3H3,(H,27,30)/b11-10+. The number of fused-ring (bicyclic) bond motifs is 1. The average molecular weight is 416 g/mol. The fourth-order valence-electron chi connectivity index (χ4n) is 3.34. The first-order chi connectivity index (χ1) is 14.4. The molecule has 2 aromatic heterocycles. The summed E-state index contributed by atoms with van der Waals surface area (Å²) in [5.41, 5.74) is 7.53. The third kappa shape index (κ3) is 4.14. The molecule has 1 amide bonds. The third-order valence-corrected chi connectivity index (χ3v) is 5.22. The highest BCUT2D eigenvalue weighted by Crippen LogP contribution is 2.27. The number of nitrogens with one attached hydrogen (secondary N) is 1. The van der Waals surface area contributed by atoms with E-state index in [0.717, 1.165) is 39.4 Å². The number of carbonyl (C=O) groups is 1. The van der Waals surface area contributed by atoms with Crippen LogP contribution >= 0.6 is 11.6 Å². The van der Waals surface area contributed by atoms with Crippen LogP contribution in [0.2, 0.25) is 5.02 Å². The SMILES string of the molecule is Cc1ccc(-c2nc3cc(C)ccn3c2/C=C/C(=O)Nc2ccc(Cl)cc2C)cc1. The largest absolute Gasteiger partial charge is 0.322 e. The van der Waals surface area contributed by atoms with Gasteiger partial charge in [0.1, 0.15) is 5.65 Å². The van der Waals surface area contributed by atoms with Gasteiger partial charge in [-0.15, -0.1) is 0 Å². The molecule has 0 saturated carbocycles. The average Bonchev–Trinajstić information content (AvgIpc) is 3.06. The van der Waals surface area contributed by atoms with Crippen molar-refractivity contribution in [1.82, 2.24) is 9.38 Å². The molecule has 4 aromatic rings. The zero-order valence-electron chi connectivity index (χ0n) is 17.1. The van der Waals surface area contributed by atoms with Crippen molar-refractivity contribution in [2.45, 2.75) is 20.8 Å². The van der Waals surface area contributed by atoms with Gasteiger partial charge in [0, 0.05) is 28.5 Å². The maximum Gasteiger partial charge on any atom is 0.248 e. The molecular weight excluding hydrogens is 394 g/mol. The summed E-state index contributed by atoms with van der Waals surface area (Å²) in [6.45, 7) is 6.01. The lowest BCUT2D eigenvalue weighted by molar-refractivity contribution is -0.111. The number of carbonyl (C=O) groups excluding carboxylic acids is 1. The molecule has 0 spiro atoms. The predicted molar refractivity (Wildman–Crippen MR) is 124 cm³/mol. The number of aryl methyl sites for hydroxylation is 3. The van der Waals surface area contributed by atoms with Crippen LogP contribution in [0.3, 0.4) is 0 Å². The zero-order chi connectivity index (χ0) is 21.3. The second kappa shape index (κ2) is 8.17. The van der Waals surface area contributed by atoms with E-state index < -0.39 is 0 Å². The summed E-state index contributed by atoms with van der Waals surface area (Å²) in [5.74, 6) is -0.211. The summed E-state index contributed by atoms with van der Waals surface area (Å²) in [7, 11) is 0. The molecule has 0 atom stereocenters. The van der Waals surface area contributed by atoms with Crippen molar-refractivity contribution >= 4 is 34.9 Å². The summed E-state index contributed by atoms with van der Waals surface area (Å²) in [6, 6.07) is 17.7. The van der Waals surface area contributed by atoms with Gasteiger partial charge in [0.15, 0.2) is 0 Å². The first-order valence-corrected chi connectivity index (χ1v) is 10.1. The number of nitrogens with zero attached hydrogens (tertiary/aromatic N) is 2. The Morgan fingerprint density at radius 3 is 2.50 bits per heavy atom. The van der Waals surface area contributed by atoms with E-state index in [1.54, 1.807) is 12.1 Å². The van der Waals surface area contributed by atoms with Crippen molar-refractivity contribution in [3.8, 4) is 11.3 Å². The number of amides is 1. The number of imidazole rings is 1. The van der Waals surface area contributed by atoms with E-state index in [1.807, 2.05) is 48.7 Å². The van der Waals surface area contributed by atoms with Gasteiger partial charge in [0.2, 0.25) is 5.91 Å². The topological polar surface area (TPSA) is 46.4 Å². The van der Waals surface area contributed by atoms with Crippen LogP contribution in [-0.2, 0) is 4.79 Å². The van der Waals surface area contributed by atoms with E-state index in [1.165, 1.54) is 11.6 Å². The van der Waals surface area contributed by atoms with Gasteiger partial charge in [0.05, 0.1) is 11.4 Å². The number of benzene rings is 2. The number of rotatable bonds is 4. The molecular formula is C25H22ClN3O. The van der Waals surface area contributed by atoms with Crippen LogP contribution in [-0.4, -0.2) is 15.3 Å². The minimum absolute atomic E-state index is 0.211. The Morgan fingerprint density at radius 1 is 1.00 bits per heavy atom. The highest BCUT2D eigenvalue weighted by molar-refractivity contribution is 6.30. The number of pyridine rings is 1. The molecule has 4 rings (SSSR count). The monoisotopic (exact) mass is 415 g/mol. The Kier molecular flexibility index (Phi) is 5.42. The van der Waals surface area contributed by atoms with Crippen molar-refractivity contribution in [3.63, 3.8) is 0 Å². The number of aromatic nitrogens is 2. The Bertz CT molecular complexity index is 1270. The lowest BCUT2D eigenvalue weighted by Gasteiger charge is -2.06. The number of hydrogen-bond donors (Lipinski definition) is 1. The number of halogens is 1. The van der Waals surface area contributed by atoms with Crippen LogP contribution < -0.4 is 5.32 Å². The molecule has 150 valence electrons. The van der Waals surface area contributed by atoms with E-state index in [9.17, 15) is 4.79 Å². The lowest BCUT2D eigenvalue weighted by atomic mass is 10.1. The molecule has 2 heterocycles. The first kappa shape index (κ1) is 19.9. The van der Waals surface area contributed by atoms with Crippen LogP contribution in [0.15, 0.2) is 66.9 Å². The zero-order valence-corrected chi connectivity index (χ0v) is 17.9.